The van der Waals surface area contributed by atoms with E-state index < -0.39 is 4.92 Å². The number of benzene rings is 2. The number of rotatable bonds is 5. The highest BCUT2D eigenvalue weighted by atomic mass is 35.5. The summed E-state index contributed by atoms with van der Waals surface area (Å²) in [5, 5.41) is 18.2. The molecule has 3 aromatic rings. The first-order valence-electron chi connectivity index (χ1n) is 7.49. The fraction of sp³-hybridized carbons (Fsp3) is 0.0588. The van der Waals surface area contributed by atoms with Crippen molar-refractivity contribution in [1.82, 2.24) is 9.97 Å². The average Bonchev–Trinajstić information content (AvgIpc) is 2.60. The number of anilines is 4. The molecule has 0 amide bonds. The van der Waals surface area contributed by atoms with Gasteiger partial charge < -0.3 is 10.6 Å². The van der Waals surface area contributed by atoms with E-state index in [-0.39, 0.29) is 17.3 Å². The van der Waals surface area contributed by atoms with Gasteiger partial charge in [0.1, 0.15) is 6.33 Å². The summed E-state index contributed by atoms with van der Waals surface area (Å²) < 4.78 is 0. The first-order chi connectivity index (χ1) is 12.4. The lowest BCUT2D eigenvalue weighted by molar-refractivity contribution is -0.383. The van der Waals surface area contributed by atoms with Crippen molar-refractivity contribution in [3.63, 3.8) is 0 Å². The Morgan fingerprint density at radius 1 is 1.00 bits per heavy atom. The Hall–Kier alpha value is -2.90. The minimum atomic E-state index is -0.558. The minimum absolute atomic E-state index is 0.00350. The molecule has 1 aromatic heterocycles. The quantitative estimate of drug-likeness (QED) is 0.442. The Balaban J connectivity index is 1.99. The van der Waals surface area contributed by atoms with Crippen LogP contribution in [0.25, 0.3) is 0 Å². The molecule has 26 heavy (non-hydrogen) atoms. The third-order valence-electron chi connectivity index (χ3n) is 3.50. The van der Waals surface area contributed by atoms with Gasteiger partial charge in [-0.3, -0.25) is 10.1 Å². The van der Waals surface area contributed by atoms with Gasteiger partial charge in [0.25, 0.3) is 0 Å². The van der Waals surface area contributed by atoms with E-state index in [1.54, 1.807) is 18.2 Å². The fourth-order valence-electron chi connectivity index (χ4n) is 2.23. The SMILES string of the molecule is Cc1ccc(Nc2ncnc(Nc3cc(Cl)ccc3Cl)c2[N+](=O)[O-])cc1. The van der Waals surface area contributed by atoms with Gasteiger partial charge in [0, 0.05) is 10.7 Å². The Morgan fingerprint density at radius 2 is 1.65 bits per heavy atom. The van der Waals surface area contributed by atoms with Crippen LogP contribution in [-0.2, 0) is 0 Å². The van der Waals surface area contributed by atoms with Crippen LogP contribution >= 0.6 is 23.2 Å². The molecule has 0 atom stereocenters. The number of nitro groups is 1. The van der Waals surface area contributed by atoms with Crippen molar-refractivity contribution < 1.29 is 4.92 Å². The Morgan fingerprint density at radius 3 is 2.31 bits per heavy atom. The lowest BCUT2D eigenvalue weighted by Crippen LogP contribution is -2.05. The van der Waals surface area contributed by atoms with Gasteiger partial charge in [-0.15, -0.1) is 0 Å². The summed E-state index contributed by atoms with van der Waals surface area (Å²) in [7, 11) is 0. The summed E-state index contributed by atoms with van der Waals surface area (Å²) in [6, 6.07) is 12.2. The van der Waals surface area contributed by atoms with Gasteiger partial charge in [0.05, 0.1) is 15.6 Å². The van der Waals surface area contributed by atoms with Crippen LogP contribution in [0.1, 0.15) is 5.56 Å². The van der Waals surface area contributed by atoms with Crippen LogP contribution in [-0.4, -0.2) is 14.9 Å². The summed E-state index contributed by atoms with van der Waals surface area (Å²) in [5.41, 5.74) is 1.85. The van der Waals surface area contributed by atoms with Crippen LogP contribution in [0.4, 0.5) is 28.7 Å². The summed E-state index contributed by atoms with van der Waals surface area (Å²) in [5.74, 6) is 0.0679. The molecule has 132 valence electrons. The molecule has 0 fully saturated rings. The summed E-state index contributed by atoms with van der Waals surface area (Å²) in [4.78, 5) is 19.0. The van der Waals surface area contributed by atoms with Crippen LogP contribution in [0.3, 0.4) is 0 Å². The molecule has 0 spiro atoms. The monoisotopic (exact) mass is 389 g/mol. The Labute approximate surface area is 159 Å². The second-order valence-electron chi connectivity index (χ2n) is 5.42. The number of nitrogens with one attached hydrogen (secondary N) is 2. The van der Waals surface area contributed by atoms with Crippen LogP contribution in [0.2, 0.25) is 10.0 Å². The number of hydrogen-bond acceptors (Lipinski definition) is 6. The van der Waals surface area contributed by atoms with E-state index in [0.717, 1.165) is 5.56 Å². The zero-order chi connectivity index (χ0) is 18.7. The standard InChI is InChI=1S/C17H13Cl2N5O2/c1-10-2-5-12(6-3-10)22-16-15(24(25)26)17(21-9-20-16)23-14-8-11(18)4-7-13(14)19/h2-9H,1H3,(H2,20,21,22,23). The third-order valence-corrected chi connectivity index (χ3v) is 4.07. The maximum atomic E-state index is 11.6. The molecule has 0 bridgehead atoms. The van der Waals surface area contributed by atoms with E-state index in [2.05, 4.69) is 20.6 Å². The zero-order valence-corrected chi connectivity index (χ0v) is 15.0. The van der Waals surface area contributed by atoms with E-state index in [4.69, 9.17) is 23.2 Å². The van der Waals surface area contributed by atoms with Crippen molar-refractivity contribution in [2.24, 2.45) is 0 Å². The number of aromatic nitrogens is 2. The minimum Gasteiger partial charge on any atom is -0.334 e. The Bertz CT molecular complexity index is 964. The molecule has 0 saturated heterocycles. The van der Waals surface area contributed by atoms with Crippen molar-refractivity contribution in [1.29, 1.82) is 0 Å². The van der Waals surface area contributed by atoms with Crippen LogP contribution in [0.15, 0.2) is 48.8 Å². The van der Waals surface area contributed by atoms with Crippen LogP contribution in [0.5, 0.6) is 0 Å². The zero-order valence-electron chi connectivity index (χ0n) is 13.5. The maximum absolute atomic E-state index is 11.6. The average molecular weight is 390 g/mol. The molecule has 2 N–H and O–H groups in total. The van der Waals surface area contributed by atoms with Gasteiger partial charge in [-0.1, -0.05) is 40.9 Å². The molecular weight excluding hydrogens is 377 g/mol. The van der Waals surface area contributed by atoms with Crippen molar-refractivity contribution in [2.45, 2.75) is 6.92 Å². The summed E-state index contributed by atoms with van der Waals surface area (Å²) >= 11 is 12.1. The second-order valence-corrected chi connectivity index (χ2v) is 6.26. The predicted molar refractivity (Wildman–Crippen MR) is 103 cm³/mol. The molecule has 0 aliphatic heterocycles. The van der Waals surface area contributed by atoms with Crippen LogP contribution < -0.4 is 10.6 Å². The van der Waals surface area contributed by atoms with E-state index in [1.807, 2.05) is 31.2 Å². The van der Waals surface area contributed by atoms with Gasteiger partial charge in [-0.2, -0.15) is 0 Å². The number of halogens is 2. The predicted octanol–water partition coefficient (Wildman–Crippen LogP) is 5.49. The van der Waals surface area contributed by atoms with E-state index in [1.165, 1.54) is 6.33 Å². The topological polar surface area (TPSA) is 93.0 Å². The molecule has 3 rings (SSSR count). The van der Waals surface area contributed by atoms with E-state index in [0.29, 0.717) is 21.4 Å². The lowest BCUT2D eigenvalue weighted by atomic mass is 10.2. The molecule has 0 radical (unpaired) electrons. The molecular formula is C17H13Cl2N5O2. The van der Waals surface area contributed by atoms with Gasteiger partial charge in [0.15, 0.2) is 0 Å². The highest BCUT2D eigenvalue weighted by Gasteiger charge is 2.24. The van der Waals surface area contributed by atoms with Crippen molar-refractivity contribution in [3.8, 4) is 0 Å². The largest absolute Gasteiger partial charge is 0.353 e. The van der Waals surface area contributed by atoms with Crippen molar-refractivity contribution in [3.05, 3.63) is 74.5 Å². The normalized spacial score (nSPS) is 10.4. The smallest absolute Gasteiger partial charge is 0.334 e. The molecule has 2 aromatic carbocycles. The molecule has 1 heterocycles. The van der Waals surface area contributed by atoms with E-state index >= 15 is 0 Å². The molecule has 7 nitrogen and oxygen atoms in total. The van der Waals surface area contributed by atoms with Gasteiger partial charge in [-0.05, 0) is 37.3 Å². The van der Waals surface area contributed by atoms with E-state index in [9.17, 15) is 10.1 Å². The first-order valence-corrected chi connectivity index (χ1v) is 8.25. The number of nitrogens with zero attached hydrogens (tertiary/aromatic N) is 3. The summed E-state index contributed by atoms with van der Waals surface area (Å²) in [6.07, 6.45) is 1.23. The molecule has 0 aliphatic rings. The molecule has 0 unspecified atom stereocenters. The molecule has 0 aliphatic carbocycles. The highest BCUT2D eigenvalue weighted by molar-refractivity contribution is 6.35. The second kappa shape index (κ2) is 7.55. The Kier molecular flexibility index (Phi) is 5.20. The van der Waals surface area contributed by atoms with Crippen LogP contribution in [0, 0.1) is 17.0 Å². The number of hydrogen-bond donors (Lipinski definition) is 2. The lowest BCUT2D eigenvalue weighted by Gasteiger charge is -2.11. The third kappa shape index (κ3) is 4.01. The first kappa shape index (κ1) is 17.9. The van der Waals surface area contributed by atoms with Gasteiger partial charge in [0.2, 0.25) is 11.6 Å². The number of aryl methyl sites for hydroxylation is 1. The molecule has 9 heteroatoms. The highest BCUT2D eigenvalue weighted by Crippen LogP contribution is 2.35. The summed E-state index contributed by atoms with van der Waals surface area (Å²) in [6.45, 7) is 1.95. The van der Waals surface area contributed by atoms with Crippen molar-refractivity contribution >= 4 is 51.9 Å². The van der Waals surface area contributed by atoms with Gasteiger partial charge in [-0.25, -0.2) is 9.97 Å². The van der Waals surface area contributed by atoms with Crippen molar-refractivity contribution in [2.75, 3.05) is 10.6 Å². The van der Waals surface area contributed by atoms with Gasteiger partial charge >= 0.3 is 5.69 Å². The molecule has 0 saturated carbocycles. The maximum Gasteiger partial charge on any atom is 0.353 e. The fourth-order valence-corrected chi connectivity index (χ4v) is 2.57.